The van der Waals surface area contributed by atoms with Crippen LogP contribution in [0.3, 0.4) is 0 Å². The number of sulfonamides is 1. The summed E-state index contributed by atoms with van der Waals surface area (Å²) in [5.74, 6) is -0.404. The molecule has 1 aliphatic rings. The largest absolute Gasteiger partial charge is 0.289 e. The highest BCUT2D eigenvalue weighted by atomic mass is 32.2. The van der Waals surface area contributed by atoms with Crippen LogP contribution in [0.2, 0.25) is 0 Å². The van der Waals surface area contributed by atoms with Crippen LogP contribution in [0.25, 0.3) is 0 Å². The maximum atomic E-state index is 13.2. The maximum absolute atomic E-state index is 13.2. The number of halogens is 1. The van der Waals surface area contributed by atoms with Gasteiger partial charge >= 0.3 is 0 Å². The fourth-order valence-corrected chi connectivity index (χ4v) is 4.97. The van der Waals surface area contributed by atoms with Crippen molar-refractivity contribution in [2.45, 2.75) is 36.1 Å². The smallest absolute Gasteiger partial charge is 0.258 e. The first-order chi connectivity index (χ1) is 11.8. The van der Waals surface area contributed by atoms with Gasteiger partial charge in [0.15, 0.2) is 4.90 Å². The first kappa shape index (κ1) is 17.5. The SMILES string of the molecule is O=[N+]([O-])c1ccccc1S(=O)(=O)NC1(c2ccc(F)cc2)CCCC1. The molecule has 6 nitrogen and oxygen atoms in total. The molecule has 0 heterocycles. The minimum Gasteiger partial charge on any atom is -0.258 e. The van der Waals surface area contributed by atoms with E-state index in [9.17, 15) is 22.9 Å². The van der Waals surface area contributed by atoms with Gasteiger partial charge in [-0.3, -0.25) is 10.1 Å². The van der Waals surface area contributed by atoms with Crippen LogP contribution in [-0.4, -0.2) is 13.3 Å². The number of nitrogens with one attached hydrogen (secondary N) is 1. The van der Waals surface area contributed by atoms with E-state index in [0.717, 1.165) is 18.9 Å². The van der Waals surface area contributed by atoms with Crippen molar-refractivity contribution in [1.82, 2.24) is 4.72 Å². The topological polar surface area (TPSA) is 89.3 Å². The van der Waals surface area contributed by atoms with Crippen LogP contribution < -0.4 is 4.72 Å². The average molecular weight is 364 g/mol. The van der Waals surface area contributed by atoms with E-state index in [1.165, 1.54) is 30.3 Å². The normalized spacial score (nSPS) is 16.7. The lowest BCUT2D eigenvalue weighted by Crippen LogP contribution is -2.43. The monoisotopic (exact) mass is 364 g/mol. The standard InChI is InChI=1S/C17H17FN2O4S/c18-14-9-7-13(8-10-14)17(11-3-4-12-17)19-25(23,24)16-6-2-1-5-15(16)20(21)22/h1-2,5-10,19H,3-4,11-12H2. The first-order valence-corrected chi connectivity index (χ1v) is 9.36. The zero-order valence-electron chi connectivity index (χ0n) is 13.3. The fourth-order valence-electron chi connectivity index (χ4n) is 3.34. The van der Waals surface area contributed by atoms with Crippen molar-refractivity contribution < 1.29 is 17.7 Å². The van der Waals surface area contributed by atoms with Crippen molar-refractivity contribution >= 4 is 15.7 Å². The van der Waals surface area contributed by atoms with Gasteiger partial charge in [0.1, 0.15) is 5.82 Å². The van der Waals surface area contributed by atoms with Crippen molar-refractivity contribution in [2.24, 2.45) is 0 Å². The lowest BCUT2D eigenvalue weighted by molar-refractivity contribution is -0.387. The molecule has 0 aliphatic heterocycles. The Morgan fingerprint density at radius 2 is 1.64 bits per heavy atom. The Kier molecular flexibility index (Phi) is 4.57. The Balaban J connectivity index is 2.03. The highest BCUT2D eigenvalue weighted by molar-refractivity contribution is 7.89. The Labute approximate surface area is 144 Å². The van der Waals surface area contributed by atoms with E-state index < -0.39 is 32.0 Å². The molecule has 3 rings (SSSR count). The summed E-state index contributed by atoms with van der Waals surface area (Å²) in [5.41, 5.74) is -0.688. The van der Waals surface area contributed by atoms with E-state index in [0.29, 0.717) is 18.4 Å². The molecule has 8 heteroatoms. The Bertz CT molecular complexity index is 891. The number of rotatable bonds is 5. The molecular formula is C17H17FN2O4S. The number of nitro groups is 1. The molecule has 0 aromatic heterocycles. The van der Waals surface area contributed by atoms with Crippen LogP contribution in [0.5, 0.6) is 0 Å². The molecule has 2 aromatic carbocycles. The second-order valence-electron chi connectivity index (χ2n) is 6.13. The predicted molar refractivity (Wildman–Crippen MR) is 90.0 cm³/mol. The number of para-hydroxylation sites is 1. The van der Waals surface area contributed by atoms with Gasteiger partial charge in [0, 0.05) is 6.07 Å². The summed E-state index contributed by atoms with van der Waals surface area (Å²) >= 11 is 0. The van der Waals surface area contributed by atoms with E-state index in [1.54, 1.807) is 12.1 Å². The summed E-state index contributed by atoms with van der Waals surface area (Å²) in [4.78, 5) is 10.1. The van der Waals surface area contributed by atoms with Crippen LogP contribution in [0, 0.1) is 15.9 Å². The molecule has 132 valence electrons. The number of hydrogen-bond donors (Lipinski definition) is 1. The molecule has 25 heavy (non-hydrogen) atoms. The molecule has 1 aliphatic carbocycles. The summed E-state index contributed by atoms with van der Waals surface area (Å²) in [6.45, 7) is 0. The summed E-state index contributed by atoms with van der Waals surface area (Å²) in [6.07, 6.45) is 2.74. The molecule has 1 N–H and O–H groups in total. The van der Waals surface area contributed by atoms with Crippen LogP contribution in [0.4, 0.5) is 10.1 Å². The van der Waals surface area contributed by atoms with E-state index in [4.69, 9.17) is 0 Å². The van der Waals surface area contributed by atoms with Gasteiger partial charge in [-0.2, -0.15) is 0 Å². The molecule has 1 saturated carbocycles. The molecule has 0 unspecified atom stereocenters. The van der Waals surface area contributed by atoms with Crippen LogP contribution >= 0.6 is 0 Å². The minimum absolute atomic E-state index is 0.367. The van der Waals surface area contributed by atoms with E-state index in [1.807, 2.05) is 0 Å². The average Bonchev–Trinajstić information content (AvgIpc) is 3.04. The fraction of sp³-hybridized carbons (Fsp3) is 0.294. The molecule has 1 fully saturated rings. The van der Waals surface area contributed by atoms with Gasteiger partial charge < -0.3 is 0 Å². The Morgan fingerprint density at radius 1 is 1.04 bits per heavy atom. The van der Waals surface area contributed by atoms with Crippen LogP contribution in [0.15, 0.2) is 53.4 Å². The molecule has 0 radical (unpaired) electrons. The third kappa shape index (κ3) is 3.40. The van der Waals surface area contributed by atoms with E-state index in [-0.39, 0.29) is 4.90 Å². The van der Waals surface area contributed by atoms with Gasteiger partial charge in [-0.25, -0.2) is 17.5 Å². The van der Waals surface area contributed by atoms with Gasteiger partial charge in [-0.05, 0) is 36.6 Å². The number of benzene rings is 2. The maximum Gasteiger partial charge on any atom is 0.289 e. The number of nitro benzene ring substituents is 1. The number of nitrogens with zero attached hydrogens (tertiary/aromatic N) is 1. The lowest BCUT2D eigenvalue weighted by Gasteiger charge is -2.30. The van der Waals surface area contributed by atoms with Crippen LogP contribution in [0.1, 0.15) is 31.2 Å². The van der Waals surface area contributed by atoms with Gasteiger partial charge in [0.2, 0.25) is 10.0 Å². The van der Waals surface area contributed by atoms with Gasteiger partial charge in [-0.1, -0.05) is 37.1 Å². The zero-order chi connectivity index (χ0) is 18.1. The highest BCUT2D eigenvalue weighted by Crippen LogP contribution is 2.40. The van der Waals surface area contributed by atoms with Crippen molar-refractivity contribution in [2.75, 3.05) is 0 Å². The van der Waals surface area contributed by atoms with Crippen LogP contribution in [-0.2, 0) is 15.6 Å². The quantitative estimate of drug-likeness (QED) is 0.650. The van der Waals surface area contributed by atoms with E-state index >= 15 is 0 Å². The predicted octanol–water partition coefficient (Wildman–Crippen LogP) is 3.48. The summed E-state index contributed by atoms with van der Waals surface area (Å²) in [6, 6.07) is 10.9. The number of hydrogen-bond acceptors (Lipinski definition) is 4. The Hall–Kier alpha value is -2.32. The second-order valence-corrected chi connectivity index (χ2v) is 7.78. The summed E-state index contributed by atoms with van der Waals surface area (Å²) in [7, 11) is -4.12. The Morgan fingerprint density at radius 3 is 2.24 bits per heavy atom. The third-order valence-electron chi connectivity index (χ3n) is 4.54. The molecule has 0 atom stereocenters. The third-order valence-corrected chi connectivity index (χ3v) is 6.12. The van der Waals surface area contributed by atoms with Crippen molar-refractivity contribution in [1.29, 1.82) is 0 Å². The molecule has 0 bridgehead atoms. The first-order valence-electron chi connectivity index (χ1n) is 7.88. The molecule has 0 amide bonds. The van der Waals surface area contributed by atoms with Crippen molar-refractivity contribution in [3.8, 4) is 0 Å². The molecule has 0 spiro atoms. The minimum atomic E-state index is -4.12. The molecule has 2 aromatic rings. The van der Waals surface area contributed by atoms with Crippen molar-refractivity contribution in [3.63, 3.8) is 0 Å². The van der Waals surface area contributed by atoms with Gasteiger partial charge in [-0.15, -0.1) is 0 Å². The van der Waals surface area contributed by atoms with Gasteiger partial charge in [0.25, 0.3) is 5.69 Å². The summed E-state index contributed by atoms with van der Waals surface area (Å²) < 4.78 is 41.6. The molecular weight excluding hydrogens is 347 g/mol. The van der Waals surface area contributed by atoms with E-state index in [2.05, 4.69) is 4.72 Å². The second kappa shape index (κ2) is 6.53. The summed E-state index contributed by atoms with van der Waals surface area (Å²) in [5, 5.41) is 11.2. The lowest BCUT2D eigenvalue weighted by atomic mass is 9.89. The highest BCUT2D eigenvalue weighted by Gasteiger charge is 2.41. The zero-order valence-corrected chi connectivity index (χ0v) is 14.1. The molecule has 0 saturated heterocycles. The van der Waals surface area contributed by atoms with Crippen molar-refractivity contribution in [3.05, 3.63) is 70.0 Å². The van der Waals surface area contributed by atoms with Gasteiger partial charge in [0.05, 0.1) is 10.5 Å².